The second-order valence-electron chi connectivity index (χ2n) is 4.13. The van der Waals surface area contributed by atoms with Crippen LogP contribution in [-0.2, 0) is 6.54 Å². The highest BCUT2D eigenvalue weighted by Crippen LogP contribution is 2.26. The average molecular weight is 404 g/mol. The van der Waals surface area contributed by atoms with Crippen molar-refractivity contribution < 1.29 is 4.79 Å². The summed E-state index contributed by atoms with van der Waals surface area (Å²) in [6.45, 7) is 0.572. The third kappa shape index (κ3) is 3.38. The molecule has 100 valence electrons. The smallest absolute Gasteiger partial charge is 0.255 e. The van der Waals surface area contributed by atoms with E-state index in [0.717, 1.165) is 9.35 Å². The summed E-state index contributed by atoms with van der Waals surface area (Å²) < 4.78 is 1.71. The fourth-order valence-electron chi connectivity index (χ4n) is 1.69. The van der Waals surface area contributed by atoms with Crippen LogP contribution in [0, 0.1) is 0 Å². The van der Waals surface area contributed by atoms with E-state index < -0.39 is 0 Å². The second-order valence-corrected chi connectivity index (χ2v) is 7.21. The van der Waals surface area contributed by atoms with Gasteiger partial charge in [0.15, 0.2) is 0 Å². The Bertz CT molecular complexity index is 612. The molecule has 1 aromatic heterocycles. The molecule has 0 bridgehead atoms. The van der Waals surface area contributed by atoms with Gasteiger partial charge in [-0.25, -0.2) is 0 Å². The van der Waals surface area contributed by atoms with Gasteiger partial charge in [0.2, 0.25) is 0 Å². The Balaban J connectivity index is 2.17. The number of hydrogen-bond donors (Lipinski definition) is 1. The zero-order valence-electron chi connectivity index (χ0n) is 10.2. The molecule has 2 aromatic rings. The first-order chi connectivity index (χ1) is 8.99. The van der Waals surface area contributed by atoms with Gasteiger partial charge in [-0.05, 0) is 61.0 Å². The third-order valence-electron chi connectivity index (χ3n) is 2.65. The van der Waals surface area contributed by atoms with Crippen LogP contribution in [0.3, 0.4) is 0 Å². The number of carbonyl (C=O) groups excluding carboxylic acids is 1. The Morgan fingerprint density at radius 1 is 1.42 bits per heavy atom. The van der Waals surface area contributed by atoms with Gasteiger partial charge in [0.05, 0.1) is 13.8 Å². The Hall–Kier alpha value is -0.850. The fourth-order valence-corrected chi connectivity index (χ4v) is 3.33. The maximum atomic E-state index is 12.4. The zero-order chi connectivity index (χ0) is 14.0. The molecule has 0 radical (unpaired) electrons. The number of hydrogen-bond acceptors (Lipinski definition) is 3. The Morgan fingerprint density at radius 2 is 2.16 bits per heavy atom. The van der Waals surface area contributed by atoms with Crippen LogP contribution in [0.1, 0.15) is 15.9 Å². The average Bonchev–Trinajstić information content (AvgIpc) is 2.77. The van der Waals surface area contributed by atoms with Gasteiger partial charge in [-0.15, -0.1) is 11.3 Å². The molecule has 0 atom stereocenters. The lowest BCUT2D eigenvalue weighted by Crippen LogP contribution is -2.26. The summed E-state index contributed by atoms with van der Waals surface area (Å²) in [5, 5.41) is 2.03. The van der Waals surface area contributed by atoms with Crippen LogP contribution in [0.2, 0.25) is 0 Å². The highest BCUT2D eigenvalue weighted by Gasteiger charge is 2.16. The van der Waals surface area contributed by atoms with Crippen LogP contribution in [0.15, 0.2) is 37.9 Å². The molecule has 3 nitrogen and oxygen atoms in total. The van der Waals surface area contributed by atoms with Crippen LogP contribution < -0.4 is 5.73 Å². The molecule has 6 heteroatoms. The first-order valence-corrected chi connectivity index (χ1v) is 7.98. The molecule has 1 aromatic carbocycles. The predicted octanol–water partition coefficient (Wildman–Crippen LogP) is 4.13. The summed E-state index contributed by atoms with van der Waals surface area (Å²) in [7, 11) is 1.78. The fraction of sp³-hybridized carbons (Fsp3) is 0.154. The molecule has 1 amide bonds. The van der Waals surface area contributed by atoms with Crippen molar-refractivity contribution in [3.05, 3.63) is 49.0 Å². The van der Waals surface area contributed by atoms with Crippen molar-refractivity contribution in [2.75, 3.05) is 12.8 Å². The van der Waals surface area contributed by atoms with Crippen LogP contribution in [-0.4, -0.2) is 17.9 Å². The van der Waals surface area contributed by atoms with Gasteiger partial charge in [-0.1, -0.05) is 6.07 Å². The second kappa shape index (κ2) is 6.07. The predicted molar refractivity (Wildman–Crippen MR) is 86.4 cm³/mol. The number of rotatable bonds is 3. The molecule has 0 spiro atoms. The molecule has 2 rings (SSSR count). The van der Waals surface area contributed by atoms with Crippen molar-refractivity contribution in [2.24, 2.45) is 0 Å². The number of nitrogen functional groups attached to an aromatic ring is 1. The van der Waals surface area contributed by atoms with Crippen LogP contribution >= 0.6 is 43.2 Å². The standard InChI is InChI=1S/C13H12Br2N2OS/c1-17(6-8-5-11(14)19-7-8)13(18)9-3-2-4-10(16)12(9)15/h2-5,7H,6,16H2,1H3. The van der Waals surface area contributed by atoms with Crippen molar-refractivity contribution in [2.45, 2.75) is 6.54 Å². The Labute approximate surface area is 132 Å². The molecule has 0 aliphatic carbocycles. The summed E-state index contributed by atoms with van der Waals surface area (Å²) in [6.07, 6.45) is 0. The van der Waals surface area contributed by atoms with Gasteiger partial charge in [0.25, 0.3) is 5.91 Å². The Morgan fingerprint density at radius 3 is 2.79 bits per heavy atom. The van der Waals surface area contributed by atoms with Crippen molar-refractivity contribution >= 4 is 54.8 Å². The molecule has 0 fully saturated rings. The lowest BCUT2D eigenvalue weighted by atomic mass is 10.1. The molecule has 1 heterocycles. The zero-order valence-corrected chi connectivity index (χ0v) is 14.2. The van der Waals surface area contributed by atoms with E-state index in [9.17, 15) is 4.79 Å². The topological polar surface area (TPSA) is 46.3 Å². The molecule has 0 aliphatic heterocycles. The molecule has 0 saturated heterocycles. The number of nitrogens with two attached hydrogens (primary N) is 1. The summed E-state index contributed by atoms with van der Waals surface area (Å²) in [6, 6.07) is 7.32. The van der Waals surface area contributed by atoms with E-state index in [4.69, 9.17) is 5.73 Å². The van der Waals surface area contributed by atoms with Gasteiger partial charge in [0, 0.05) is 19.3 Å². The summed E-state index contributed by atoms with van der Waals surface area (Å²) in [5.41, 5.74) is 8.04. The Kier molecular flexibility index (Phi) is 4.65. The number of carbonyl (C=O) groups is 1. The van der Waals surface area contributed by atoms with Crippen molar-refractivity contribution in [1.29, 1.82) is 0 Å². The highest BCUT2D eigenvalue weighted by atomic mass is 79.9. The normalized spacial score (nSPS) is 10.5. The minimum atomic E-state index is -0.0542. The van der Waals surface area contributed by atoms with E-state index in [1.165, 1.54) is 0 Å². The van der Waals surface area contributed by atoms with E-state index in [0.29, 0.717) is 22.3 Å². The van der Waals surface area contributed by atoms with E-state index in [1.54, 1.807) is 41.5 Å². The molecule has 0 saturated carbocycles. The van der Waals surface area contributed by atoms with Crippen molar-refractivity contribution in [3.8, 4) is 0 Å². The van der Waals surface area contributed by atoms with Gasteiger partial charge in [-0.3, -0.25) is 4.79 Å². The molecule has 0 aliphatic rings. The van der Waals surface area contributed by atoms with Gasteiger partial charge >= 0.3 is 0 Å². The monoisotopic (exact) mass is 402 g/mol. The van der Waals surface area contributed by atoms with Crippen LogP contribution in [0.25, 0.3) is 0 Å². The first kappa shape index (κ1) is 14.6. The number of amides is 1. The van der Waals surface area contributed by atoms with Crippen molar-refractivity contribution in [3.63, 3.8) is 0 Å². The number of nitrogens with zero attached hydrogens (tertiary/aromatic N) is 1. The van der Waals surface area contributed by atoms with Crippen LogP contribution in [0.5, 0.6) is 0 Å². The third-order valence-corrected chi connectivity index (χ3v) is 5.09. The highest BCUT2D eigenvalue weighted by molar-refractivity contribution is 9.11. The minimum absolute atomic E-state index is 0.0542. The van der Waals surface area contributed by atoms with Gasteiger partial charge in [-0.2, -0.15) is 0 Å². The van der Waals surface area contributed by atoms with Gasteiger partial charge < -0.3 is 10.6 Å². The molecular weight excluding hydrogens is 392 g/mol. The maximum Gasteiger partial charge on any atom is 0.255 e. The maximum absolute atomic E-state index is 12.4. The van der Waals surface area contributed by atoms with Crippen LogP contribution in [0.4, 0.5) is 5.69 Å². The van der Waals surface area contributed by atoms with E-state index >= 15 is 0 Å². The SMILES string of the molecule is CN(Cc1csc(Br)c1)C(=O)c1cccc(N)c1Br. The number of benzene rings is 1. The first-order valence-electron chi connectivity index (χ1n) is 5.51. The molecular formula is C13H12Br2N2OS. The summed E-state index contributed by atoms with van der Waals surface area (Å²) >= 11 is 8.39. The van der Waals surface area contributed by atoms with Crippen molar-refractivity contribution in [1.82, 2.24) is 4.90 Å². The number of thiophene rings is 1. The minimum Gasteiger partial charge on any atom is -0.398 e. The number of halogens is 2. The lowest BCUT2D eigenvalue weighted by molar-refractivity contribution is 0.0784. The van der Waals surface area contributed by atoms with Gasteiger partial charge in [0.1, 0.15) is 0 Å². The molecule has 2 N–H and O–H groups in total. The molecule has 19 heavy (non-hydrogen) atoms. The van der Waals surface area contributed by atoms with E-state index in [1.807, 2.05) is 11.4 Å². The van der Waals surface area contributed by atoms with E-state index in [2.05, 4.69) is 31.9 Å². The summed E-state index contributed by atoms with van der Waals surface area (Å²) in [5.74, 6) is -0.0542. The quantitative estimate of drug-likeness (QED) is 0.783. The summed E-state index contributed by atoms with van der Waals surface area (Å²) in [4.78, 5) is 14.0. The largest absolute Gasteiger partial charge is 0.398 e. The van der Waals surface area contributed by atoms with E-state index in [-0.39, 0.29) is 5.91 Å². The lowest BCUT2D eigenvalue weighted by Gasteiger charge is -2.17. The molecule has 0 unspecified atom stereocenters. The number of anilines is 1.